The van der Waals surface area contributed by atoms with Gasteiger partial charge in [0.15, 0.2) is 0 Å². The van der Waals surface area contributed by atoms with Crippen molar-refractivity contribution in [3.63, 3.8) is 0 Å². The van der Waals surface area contributed by atoms with Gasteiger partial charge in [-0.15, -0.1) is 0 Å². The molecule has 0 aromatic heterocycles. The molecule has 0 radical (unpaired) electrons. The molecule has 3 heteroatoms. The van der Waals surface area contributed by atoms with Crippen LogP contribution in [-0.4, -0.2) is 22.8 Å². The van der Waals surface area contributed by atoms with Crippen molar-refractivity contribution < 1.29 is 5.11 Å². The summed E-state index contributed by atoms with van der Waals surface area (Å²) < 4.78 is 0. The van der Waals surface area contributed by atoms with Crippen molar-refractivity contribution in [1.29, 1.82) is 0 Å². The Balaban J connectivity index is 4.08. The number of nitrogens with two attached hydrogens (primary N) is 2. The molecule has 0 bridgehead atoms. The third kappa shape index (κ3) is 6.46. The molecule has 0 spiro atoms. The predicted molar refractivity (Wildman–Crippen MR) is 70.2 cm³/mol. The summed E-state index contributed by atoms with van der Waals surface area (Å²) in [7, 11) is 0. The Morgan fingerprint density at radius 1 is 1.12 bits per heavy atom. The molecule has 3 nitrogen and oxygen atoms in total. The lowest BCUT2D eigenvalue weighted by Crippen LogP contribution is -2.40. The van der Waals surface area contributed by atoms with Crippen LogP contribution in [0.15, 0.2) is 0 Å². The average Bonchev–Trinajstić information content (AvgIpc) is 2.13. The van der Waals surface area contributed by atoms with Crippen LogP contribution in [0.3, 0.4) is 0 Å². The van der Waals surface area contributed by atoms with E-state index in [0.717, 1.165) is 25.7 Å². The first-order valence-corrected chi connectivity index (χ1v) is 6.53. The van der Waals surface area contributed by atoms with Gasteiger partial charge < -0.3 is 16.6 Å². The van der Waals surface area contributed by atoms with Crippen LogP contribution >= 0.6 is 0 Å². The Morgan fingerprint density at radius 2 is 1.69 bits per heavy atom. The summed E-state index contributed by atoms with van der Waals surface area (Å²) in [6, 6.07) is 0.320. The second-order valence-electron chi connectivity index (χ2n) is 5.57. The lowest BCUT2D eigenvalue weighted by Gasteiger charge is -2.33. The van der Waals surface area contributed by atoms with Gasteiger partial charge in [-0.2, -0.15) is 0 Å². The number of aliphatic hydroxyl groups is 1. The van der Waals surface area contributed by atoms with Crippen molar-refractivity contribution in [3.8, 4) is 0 Å². The van der Waals surface area contributed by atoms with Gasteiger partial charge in [-0.25, -0.2) is 0 Å². The minimum absolute atomic E-state index is 0.109. The van der Waals surface area contributed by atoms with Crippen LogP contribution in [0.4, 0.5) is 0 Å². The van der Waals surface area contributed by atoms with Gasteiger partial charge in [0, 0.05) is 12.1 Å². The molecule has 4 unspecified atom stereocenters. The van der Waals surface area contributed by atoms with Crippen LogP contribution in [-0.2, 0) is 0 Å². The topological polar surface area (TPSA) is 72.3 Å². The van der Waals surface area contributed by atoms with Crippen molar-refractivity contribution in [3.05, 3.63) is 0 Å². The summed E-state index contributed by atoms with van der Waals surface area (Å²) in [6.07, 6.45) is 4.66. The van der Waals surface area contributed by atoms with Crippen LogP contribution in [0.1, 0.15) is 59.8 Å². The maximum absolute atomic E-state index is 10.4. The molecule has 0 heterocycles. The fourth-order valence-corrected chi connectivity index (χ4v) is 2.03. The van der Waals surface area contributed by atoms with Crippen molar-refractivity contribution >= 4 is 0 Å². The Hall–Kier alpha value is -0.120. The Bertz CT molecular complexity index is 181. The van der Waals surface area contributed by atoms with E-state index in [1.54, 1.807) is 0 Å². The molecule has 0 aromatic carbocycles. The lowest BCUT2D eigenvalue weighted by molar-refractivity contribution is -0.0121. The van der Waals surface area contributed by atoms with E-state index in [9.17, 15) is 5.11 Å². The van der Waals surface area contributed by atoms with Crippen LogP contribution in [0.25, 0.3) is 0 Å². The van der Waals surface area contributed by atoms with Gasteiger partial charge in [0.2, 0.25) is 0 Å². The van der Waals surface area contributed by atoms with Gasteiger partial charge in [0.05, 0.1) is 5.60 Å². The highest BCUT2D eigenvalue weighted by molar-refractivity contribution is 4.84. The van der Waals surface area contributed by atoms with Gasteiger partial charge in [-0.1, -0.05) is 20.3 Å². The van der Waals surface area contributed by atoms with E-state index in [0.29, 0.717) is 6.42 Å². The van der Waals surface area contributed by atoms with E-state index in [2.05, 4.69) is 13.8 Å². The van der Waals surface area contributed by atoms with Gasteiger partial charge >= 0.3 is 0 Å². The fourth-order valence-electron chi connectivity index (χ4n) is 2.03. The first-order chi connectivity index (χ1) is 7.29. The molecule has 0 rings (SSSR count). The zero-order valence-corrected chi connectivity index (χ0v) is 11.4. The summed E-state index contributed by atoms with van der Waals surface area (Å²) in [5.41, 5.74) is 11.0. The summed E-state index contributed by atoms with van der Waals surface area (Å²) in [4.78, 5) is 0. The van der Waals surface area contributed by atoms with E-state index in [1.807, 2.05) is 13.8 Å². The van der Waals surface area contributed by atoms with Gasteiger partial charge in [-0.05, 0) is 45.4 Å². The smallest absolute Gasteiger partial charge is 0.0659 e. The maximum Gasteiger partial charge on any atom is 0.0659 e. The van der Waals surface area contributed by atoms with Crippen molar-refractivity contribution in [2.75, 3.05) is 0 Å². The van der Waals surface area contributed by atoms with Crippen LogP contribution in [0.5, 0.6) is 0 Å². The molecule has 0 fully saturated rings. The highest BCUT2D eigenvalue weighted by atomic mass is 16.3. The second-order valence-corrected chi connectivity index (χ2v) is 5.57. The van der Waals surface area contributed by atoms with Crippen LogP contribution in [0, 0.1) is 5.92 Å². The van der Waals surface area contributed by atoms with Crippen LogP contribution in [0.2, 0.25) is 0 Å². The lowest BCUT2D eigenvalue weighted by atomic mass is 9.81. The third-order valence-electron chi connectivity index (χ3n) is 3.45. The van der Waals surface area contributed by atoms with Crippen molar-refractivity contribution in [1.82, 2.24) is 0 Å². The summed E-state index contributed by atoms with van der Waals surface area (Å²) in [6.45, 7) is 8.10. The predicted octanol–water partition coefficient (Wildman–Crippen LogP) is 2.02. The Morgan fingerprint density at radius 3 is 2.12 bits per heavy atom. The van der Waals surface area contributed by atoms with E-state index < -0.39 is 5.60 Å². The molecule has 0 aromatic rings. The number of hydrogen-bond acceptors (Lipinski definition) is 3. The first-order valence-electron chi connectivity index (χ1n) is 6.53. The van der Waals surface area contributed by atoms with E-state index in [-0.39, 0.29) is 18.0 Å². The third-order valence-corrected chi connectivity index (χ3v) is 3.45. The monoisotopic (exact) mass is 230 g/mol. The molecule has 0 aliphatic rings. The largest absolute Gasteiger partial charge is 0.390 e. The minimum atomic E-state index is -0.663. The van der Waals surface area contributed by atoms with Gasteiger partial charge in [0.1, 0.15) is 0 Å². The molecule has 0 aliphatic heterocycles. The average molecular weight is 230 g/mol. The van der Waals surface area contributed by atoms with E-state index in [4.69, 9.17) is 11.5 Å². The van der Waals surface area contributed by atoms with Gasteiger partial charge in [-0.3, -0.25) is 0 Å². The quantitative estimate of drug-likeness (QED) is 0.597. The zero-order valence-electron chi connectivity index (χ0n) is 11.4. The maximum atomic E-state index is 10.4. The van der Waals surface area contributed by atoms with E-state index >= 15 is 0 Å². The summed E-state index contributed by atoms with van der Waals surface area (Å²) in [5.74, 6) is 0.251. The summed E-state index contributed by atoms with van der Waals surface area (Å²) >= 11 is 0. The normalized spacial score (nSPS) is 21.2. The fraction of sp³-hybridized carbons (Fsp3) is 1.00. The number of rotatable bonds is 8. The molecule has 98 valence electrons. The van der Waals surface area contributed by atoms with Gasteiger partial charge in [0.25, 0.3) is 0 Å². The van der Waals surface area contributed by atoms with Crippen molar-refractivity contribution in [2.45, 2.75) is 77.5 Å². The Labute approximate surface area is 101 Å². The molecule has 0 aliphatic carbocycles. The molecular weight excluding hydrogens is 200 g/mol. The molecule has 16 heavy (non-hydrogen) atoms. The van der Waals surface area contributed by atoms with E-state index in [1.165, 1.54) is 0 Å². The SMILES string of the molecule is CCCC(N)CC(C)(O)C(C)CCC(C)N. The zero-order chi connectivity index (χ0) is 12.8. The Kier molecular flexibility index (Phi) is 7.20. The molecule has 0 amide bonds. The highest BCUT2D eigenvalue weighted by Crippen LogP contribution is 2.27. The molecule has 4 atom stereocenters. The molecule has 5 N–H and O–H groups in total. The minimum Gasteiger partial charge on any atom is -0.390 e. The van der Waals surface area contributed by atoms with Crippen LogP contribution < -0.4 is 11.5 Å². The number of hydrogen-bond donors (Lipinski definition) is 3. The molecule has 0 saturated carbocycles. The molecule has 0 saturated heterocycles. The highest BCUT2D eigenvalue weighted by Gasteiger charge is 2.29. The standard InChI is InChI=1S/C13H30N2O/c1-5-6-12(15)9-13(4,16)10(2)7-8-11(3)14/h10-12,16H,5-9,14-15H2,1-4H3. The second kappa shape index (κ2) is 7.25. The first kappa shape index (κ1) is 15.9. The summed E-state index contributed by atoms with van der Waals surface area (Å²) in [5, 5.41) is 10.4. The molecular formula is C13H30N2O. The van der Waals surface area contributed by atoms with Crippen molar-refractivity contribution in [2.24, 2.45) is 17.4 Å².